The second-order valence-electron chi connectivity index (χ2n) is 5.13. The number of carboxylic acids is 1. The Balaban J connectivity index is 0.000000322. The van der Waals surface area contributed by atoms with Gasteiger partial charge in [0, 0.05) is 13.1 Å². The number of amides is 1. The molecule has 1 unspecified atom stereocenters. The highest BCUT2D eigenvalue weighted by molar-refractivity contribution is 5.82. The van der Waals surface area contributed by atoms with E-state index >= 15 is 0 Å². The Morgan fingerprint density at radius 1 is 1.17 bits per heavy atom. The van der Waals surface area contributed by atoms with Crippen molar-refractivity contribution in [2.45, 2.75) is 31.5 Å². The van der Waals surface area contributed by atoms with Crippen LogP contribution in [0.1, 0.15) is 18.4 Å². The van der Waals surface area contributed by atoms with Gasteiger partial charge < -0.3 is 15.7 Å². The standard InChI is InChI=1S/C13H18N2O.C2HF3O2/c14-12(10-11-6-2-1-3-7-11)13(16)15-8-4-5-9-15;3-2(4,5)1(6)7/h1-3,6-7,12H,4-5,8-10,14H2;(H,6,7). The number of carbonyl (C=O) groups is 2. The number of carboxylic acid groups (broad SMARTS) is 1. The largest absolute Gasteiger partial charge is 0.490 e. The van der Waals surface area contributed by atoms with Crippen LogP contribution in [0.25, 0.3) is 0 Å². The molecule has 8 heteroatoms. The molecule has 5 nitrogen and oxygen atoms in total. The molecule has 128 valence electrons. The number of benzene rings is 1. The number of halogens is 3. The van der Waals surface area contributed by atoms with Crippen LogP contribution < -0.4 is 5.73 Å². The number of alkyl halides is 3. The Labute approximate surface area is 131 Å². The summed E-state index contributed by atoms with van der Waals surface area (Å²) < 4.78 is 31.7. The number of nitrogens with two attached hydrogens (primary N) is 1. The topological polar surface area (TPSA) is 83.6 Å². The minimum absolute atomic E-state index is 0.0985. The number of aliphatic carboxylic acids is 1. The zero-order valence-electron chi connectivity index (χ0n) is 12.4. The summed E-state index contributed by atoms with van der Waals surface area (Å²) in [5.74, 6) is -2.66. The van der Waals surface area contributed by atoms with Crippen LogP contribution in [0.5, 0.6) is 0 Å². The maximum Gasteiger partial charge on any atom is 0.490 e. The number of rotatable bonds is 3. The van der Waals surface area contributed by atoms with E-state index in [1.165, 1.54) is 0 Å². The second kappa shape index (κ2) is 8.52. The van der Waals surface area contributed by atoms with E-state index in [0.29, 0.717) is 6.42 Å². The molecule has 23 heavy (non-hydrogen) atoms. The molecule has 1 fully saturated rings. The number of hydrogen-bond donors (Lipinski definition) is 2. The smallest absolute Gasteiger partial charge is 0.475 e. The van der Waals surface area contributed by atoms with E-state index in [4.69, 9.17) is 15.6 Å². The van der Waals surface area contributed by atoms with Crippen LogP contribution >= 0.6 is 0 Å². The van der Waals surface area contributed by atoms with Gasteiger partial charge in [-0.25, -0.2) is 4.79 Å². The molecule has 1 aliphatic rings. The molecule has 1 aliphatic heterocycles. The van der Waals surface area contributed by atoms with Crippen LogP contribution in [0.15, 0.2) is 30.3 Å². The summed E-state index contributed by atoms with van der Waals surface area (Å²) in [4.78, 5) is 22.7. The van der Waals surface area contributed by atoms with E-state index in [9.17, 15) is 18.0 Å². The molecule has 2 rings (SSSR count). The summed E-state index contributed by atoms with van der Waals surface area (Å²) in [6, 6.07) is 9.55. The maximum atomic E-state index is 12.0. The molecule has 1 aromatic rings. The third-order valence-corrected chi connectivity index (χ3v) is 3.28. The van der Waals surface area contributed by atoms with Gasteiger partial charge in [-0.3, -0.25) is 4.79 Å². The Morgan fingerprint density at radius 3 is 2.09 bits per heavy atom. The zero-order chi connectivity index (χ0) is 17.5. The number of hydrogen-bond acceptors (Lipinski definition) is 3. The van der Waals surface area contributed by atoms with Crippen molar-refractivity contribution in [2.24, 2.45) is 5.73 Å². The molecule has 3 N–H and O–H groups in total. The predicted octanol–water partition coefficient (Wildman–Crippen LogP) is 1.81. The van der Waals surface area contributed by atoms with Gasteiger partial charge in [-0.05, 0) is 24.8 Å². The molecule has 1 aromatic carbocycles. The fourth-order valence-corrected chi connectivity index (χ4v) is 2.13. The Bertz CT molecular complexity index is 514. The van der Waals surface area contributed by atoms with Gasteiger partial charge >= 0.3 is 12.1 Å². The van der Waals surface area contributed by atoms with Gasteiger partial charge in [0.15, 0.2) is 0 Å². The SMILES string of the molecule is NC(Cc1ccccc1)C(=O)N1CCCC1.O=C(O)C(F)(F)F. The zero-order valence-corrected chi connectivity index (χ0v) is 12.4. The van der Waals surface area contributed by atoms with Crippen molar-refractivity contribution in [1.82, 2.24) is 4.90 Å². The Morgan fingerprint density at radius 2 is 1.65 bits per heavy atom. The molecule has 0 aliphatic carbocycles. The van der Waals surface area contributed by atoms with Crippen LogP contribution in [0.3, 0.4) is 0 Å². The number of nitrogens with zero attached hydrogens (tertiary/aromatic N) is 1. The molecular formula is C15H19F3N2O3. The monoisotopic (exact) mass is 332 g/mol. The normalized spacial score (nSPS) is 15.6. The molecule has 0 bridgehead atoms. The van der Waals surface area contributed by atoms with Crippen LogP contribution in [0.2, 0.25) is 0 Å². The summed E-state index contributed by atoms with van der Waals surface area (Å²) in [7, 11) is 0. The van der Waals surface area contributed by atoms with Gasteiger partial charge in [0.1, 0.15) is 0 Å². The highest BCUT2D eigenvalue weighted by atomic mass is 19.4. The van der Waals surface area contributed by atoms with E-state index in [2.05, 4.69) is 0 Å². The lowest BCUT2D eigenvalue weighted by Gasteiger charge is -2.20. The third-order valence-electron chi connectivity index (χ3n) is 3.28. The Kier molecular flexibility index (Phi) is 7.02. The van der Waals surface area contributed by atoms with Crippen LogP contribution in [0, 0.1) is 0 Å². The van der Waals surface area contributed by atoms with Gasteiger partial charge in [0.25, 0.3) is 0 Å². The van der Waals surface area contributed by atoms with Crippen molar-refractivity contribution in [3.63, 3.8) is 0 Å². The molecule has 0 aromatic heterocycles. The fraction of sp³-hybridized carbons (Fsp3) is 0.467. The second-order valence-corrected chi connectivity index (χ2v) is 5.13. The molecule has 0 spiro atoms. The average Bonchev–Trinajstić information content (AvgIpc) is 3.01. The minimum Gasteiger partial charge on any atom is -0.475 e. The highest BCUT2D eigenvalue weighted by Gasteiger charge is 2.38. The average molecular weight is 332 g/mol. The molecule has 1 saturated heterocycles. The van der Waals surface area contributed by atoms with Gasteiger partial charge in [-0.2, -0.15) is 13.2 Å². The van der Waals surface area contributed by atoms with Crippen LogP contribution in [-0.2, 0) is 16.0 Å². The van der Waals surface area contributed by atoms with Gasteiger partial charge in [0.05, 0.1) is 6.04 Å². The predicted molar refractivity (Wildman–Crippen MR) is 77.6 cm³/mol. The Hall–Kier alpha value is -2.09. The minimum atomic E-state index is -5.08. The summed E-state index contributed by atoms with van der Waals surface area (Å²) in [5.41, 5.74) is 7.07. The quantitative estimate of drug-likeness (QED) is 0.884. The first-order valence-electron chi connectivity index (χ1n) is 7.10. The summed E-state index contributed by atoms with van der Waals surface area (Å²) in [6.45, 7) is 1.75. The number of likely N-dealkylation sites (tertiary alicyclic amines) is 1. The molecule has 0 radical (unpaired) electrons. The molecule has 1 heterocycles. The van der Waals surface area contributed by atoms with Crippen molar-refractivity contribution in [3.05, 3.63) is 35.9 Å². The van der Waals surface area contributed by atoms with Crippen LogP contribution in [-0.4, -0.2) is 47.2 Å². The molecular weight excluding hydrogens is 313 g/mol. The van der Waals surface area contributed by atoms with Gasteiger partial charge in [-0.1, -0.05) is 30.3 Å². The van der Waals surface area contributed by atoms with Crippen molar-refractivity contribution in [1.29, 1.82) is 0 Å². The van der Waals surface area contributed by atoms with Crippen molar-refractivity contribution in [2.75, 3.05) is 13.1 Å². The van der Waals surface area contributed by atoms with E-state index in [-0.39, 0.29) is 11.9 Å². The first-order chi connectivity index (χ1) is 10.7. The van der Waals surface area contributed by atoms with E-state index in [1.54, 1.807) is 0 Å². The summed E-state index contributed by atoms with van der Waals surface area (Å²) in [5, 5.41) is 7.12. The van der Waals surface area contributed by atoms with E-state index in [1.807, 2.05) is 35.2 Å². The van der Waals surface area contributed by atoms with Gasteiger partial charge in [-0.15, -0.1) is 0 Å². The third kappa shape index (κ3) is 6.68. The van der Waals surface area contributed by atoms with Gasteiger partial charge in [0.2, 0.25) is 5.91 Å². The van der Waals surface area contributed by atoms with Crippen molar-refractivity contribution < 1.29 is 27.9 Å². The first kappa shape index (κ1) is 19.0. The lowest BCUT2D eigenvalue weighted by molar-refractivity contribution is -0.192. The molecule has 1 amide bonds. The molecule has 0 saturated carbocycles. The lowest BCUT2D eigenvalue weighted by atomic mass is 10.1. The first-order valence-corrected chi connectivity index (χ1v) is 7.10. The number of carbonyl (C=O) groups excluding carboxylic acids is 1. The lowest BCUT2D eigenvalue weighted by Crippen LogP contribution is -2.43. The van der Waals surface area contributed by atoms with Crippen molar-refractivity contribution in [3.8, 4) is 0 Å². The maximum absolute atomic E-state index is 12.0. The van der Waals surface area contributed by atoms with Crippen LogP contribution in [0.4, 0.5) is 13.2 Å². The molecule has 1 atom stereocenters. The highest BCUT2D eigenvalue weighted by Crippen LogP contribution is 2.13. The van der Waals surface area contributed by atoms with E-state index < -0.39 is 12.1 Å². The summed E-state index contributed by atoms with van der Waals surface area (Å²) in [6.07, 6.45) is -2.22. The van der Waals surface area contributed by atoms with Crippen molar-refractivity contribution >= 4 is 11.9 Å². The fourth-order valence-electron chi connectivity index (χ4n) is 2.13. The van der Waals surface area contributed by atoms with E-state index in [0.717, 1.165) is 31.5 Å². The summed E-state index contributed by atoms with van der Waals surface area (Å²) >= 11 is 0.